The molecule has 0 unspecified atom stereocenters. The Bertz CT molecular complexity index is 398. The predicted molar refractivity (Wildman–Crippen MR) is 47.7 cm³/mol. The lowest BCUT2D eigenvalue weighted by molar-refractivity contribution is 0.631. The molecule has 64 valence electrons. The zero-order valence-corrected chi connectivity index (χ0v) is 6.86. The van der Waals surface area contributed by atoms with Gasteiger partial charge in [0.15, 0.2) is 5.82 Å². The molecule has 3 nitrogen and oxygen atoms in total. The van der Waals surface area contributed by atoms with Gasteiger partial charge in [-0.05, 0) is 0 Å². The Hall–Kier alpha value is -1.29. The number of fused-ring (bicyclic) bond motifs is 1. The second-order valence-electron chi connectivity index (χ2n) is 2.29. The zero-order valence-electron chi connectivity index (χ0n) is 6.04. The van der Waals surface area contributed by atoms with Crippen LogP contribution in [0.2, 0.25) is 0 Å². The molecule has 0 aromatic carbocycles. The fraction of sp³-hybridized carbons (Fsp3) is 0. The fourth-order valence-electron chi connectivity index (χ4n) is 1.03. The SMILES string of the molecule is Cl.Nc1c[nH]c2c(F)cncc12. The second kappa shape index (κ2) is 2.98. The van der Waals surface area contributed by atoms with Gasteiger partial charge in [-0.2, -0.15) is 0 Å². The third-order valence-electron chi connectivity index (χ3n) is 1.58. The van der Waals surface area contributed by atoms with Crippen molar-refractivity contribution in [1.82, 2.24) is 9.97 Å². The predicted octanol–water partition coefficient (Wildman–Crippen LogP) is 1.71. The molecule has 0 aliphatic carbocycles. The molecule has 12 heavy (non-hydrogen) atoms. The second-order valence-corrected chi connectivity index (χ2v) is 2.29. The van der Waals surface area contributed by atoms with Crippen LogP contribution in [0.15, 0.2) is 18.6 Å². The Labute approximate surface area is 74.2 Å². The van der Waals surface area contributed by atoms with Crippen molar-refractivity contribution in [2.45, 2.75) is 0 Å². The maximum Gasteiger partial charge on any atom is 0.165 e. The van der Waals surface area contributed by atoms with Gasteiger partial charge in [-0.3, -0.25) is 4.98 Å². The number of rotatable bonds is 0. The number of nitrogens with one attached hydrogen (secondary N) is 1. The largest absolute Gasteiger partial charge is 0.397 e. The molecule has 2 heterocycles. The van der Waals surface area contributed by atoms with E-state index in [-0.39, 0.29) is 18.2 Å². The van der Waals surface area contributed by atoms with Crippen LogP contribution in [0, 0.1) is 5.82 Å². The summed E-state index contributed by atoms with van der Waals surface area (Å²) in [5.74, 6) is -0.376. The van der Waals surface area contributed by atoms with Gasteiger partial charge in [-0.15, -0.1) is 12.4 Å². The highest BCUT2D eigenvalue weighted by molar-refractivity contribution is 5.90. The summed E-state index contributed by atoms with van der Waals surface area (Å²) in [4.78, 5) is 6.39. The van der Waals surface area contributed by atoms with E-state index in [0.29, 0.717) is 16.6 Å². The van der Waals surface area contributed by atoms with Crippen LogP contribution in [-0.4, -0.2) is 9.97 Å². The van der Waals surface area contributed by atoms with E-state index < -0.39 is 0 Å². The topological polar surface area (TPSA) is 54.7 Å². The maximum absolute atomic E-state index is 12.9. The number of halogens is 2. The first-order chi connectivity index (χ1) is 5.29. The van der Waals surface area contributed by atoms with Crippen molar-refractivity contribution in [3.8, 4) is 0 Å². The van der Waals surface area contributed by atoms with E-state index in [1.165, 1.54) is 6.20 Å². The van der Waals surface area contributed by atoms with Crippen molar-refractivity contribution in [2.24, 2.45) is 0 Å². The van der Waals surface area contributed by atoms with Gasteiger partial charge in [0.1, 0.15) is 0 Å². The molecular weight excluding hydrogens is 181 g/mol. The Kier molecular flexibility index (Phi) is 2.19. The molecular formula is C7H7ClFN3. The highest BCUT2D eigenvalue weighted by atomic mass is 35.5. The minimum Gasteiger partial charge on any atom is -0.397 e. The van der Waals surface area contributed by atoms with Crippen LogP contribution >= 0.6 is 12.4 Å². The average molecular weight is 188 g/mol. The van der Waals surface area contributed by atoms with Gasteiger partial charge >= 0.3 is 0 Å². The molecule has 0 saturated heterocycles. The first kappa shape index (κ1) is 8.80. The van der Waals surface area contributed by atoms with E-state index in [1.54, 1.807) is 6.20 Å². The van der Waals surface area contributed by atoms with Crippen LogP contribution in [0.3, 0.4) is 0 Å². The molecule has 0 spiro atoms. The van der Waals surface area contributed by atoms with Gasteiger partial charge < -0.3 is 10.7 Å². The first-order valence-electron chi connectivity index (χ1n) is 3.15. The molecule has 0 saturated carbocycles. The molecule has 0 aliphatic rings. The lowest BCUT2D eigenvalue weighted by atomic mass is 10.3. The third-order valence-corrected chi connectivity index (χ3v) is 1.58. The van der Waals surface area contributed by atoms with Crippen molar-refractivity contribution >= 4 is 29.0 Å². The summed E-state index contributed by atoms with van der Waals surface area (Å²) in [6, 6.07) is 0. The number of hydrogen-bond donors (Lipinski definition) is 2. The number of pyridine rings is 1. The highest BCUT2D eigenvalue weighted by Crippen LogP contribution is 2.20. The van der Waals surface area contributed by atoms with Crippen molar-refractivity contribution in [1.29, 1.82) is 0 Å². The molecule has 0 bridgehead atoms. The standard InChI is InChI=1S/C7H6FN3.ClH/c8-5-2-10-1-4-6(9)3-11-7(4)5;/h1-3,11H,9H2;1H. The number of nitrogens with zero attached hydrogens (tertiary/aromatic N) is 1. The monoisotopic (exact) mass is 187 g/mol. The summed E-state index contributed by atoms with van der Waals surface area (Å²) in [7, 11) is 0. The summed E-state index contributed by atoms with van der Waals surface area (Å²) >= 11 is 0. The van der Waals surface area contributed by atoms with Crippen LogP contribution in [-0.2, 0) is 0 Å². The molecule has 0 amide bonds. The van der Waals surface area contributed by atoms with E-state index in [9.17, 15) is 4.39 Å². The minimum absolute atomic E-state index is 0. The van der Waals surface area contributed by atoms with Gasteiger partial charge in [0.25, 0.3) is 0 Å². The van der Waals surface area contributed by atoms with Crippen molar-refractivity contribution in [3.05, 3.63) is 24.4 Å². The molecule has 2 aromatic rings. The molecule has 0 radical (unpaired) electrons. The fourth-order valence-corrected chi connectivity index (χ4v) is 1.03. The number of aromatic nitrogens is 2. The minimum atomic E-state index is -0.376. The zero-order chi connectivity index (χ0) is 7.84. The lowest BCUT2D eigenvalue weighted by Crippen LogP contribution is -1.83. The van der Waals surface area contributed by atoms with E-state index >= 15 is 0 Å². The summed E-state index contributed by atoms with van der Waals surface area (Å²) in [5.41, 5.74) is 6.44. The Morgan fingerprint density at radius 1 is 1.42 bits per heavy atom. The lowest BCUT2D eigenvalue weighted by Gasteiger charge is -1.90. The van der Waals surface area contributed by atoms with E-state index in [4.69, 9.17) is 5.73 Å². The van der Waals surface area contributed by atoms with Gasteiger partial charge in [-0.25, -0.2) is 4.39 Å². The molecule has 5 heteroatoms. The van der Waals surface area contributed by atoms with Gasteiger partial charge in [-0.1, -0.05) is 0 Å². The normalized spacial score (nSPS) is 9.75. The van der Waals surface area contributed by atoms with Crippen molar-refractivity contribution in [2.75, 3.05) is 5.73 Å². The number of aromatic amines is 1. The van der Waals surface area contributed by atoms with Crippen LogP contribution in [0.4, 0.5) is 10.1 Å². The maximum atomic E-state index is 12.9. The molecule has 2 rings (SSSR count). The van der Waals surface area contributed by atoms with Crippen LogP contribution in [0.1, 0.15) is 0 Å². The first-order valence-corrected chi connectivity index (χ1v) is 3.15. The molecule has 0 fully saturated rings. The number of nitrogen functional groups attached to an aromatic ring is 1. The number of nitrogens with two attached hydrogens (primary N) is 1. The van der Waals surface area contributed by atoms with Crippen LogP contribution in [0.5, 0.6) is 0 Å². The molecule has 3 N–H and O–H groups in total. The van der Waals surface area contributed by atoms with Gasteiger partial charge in [0.2, 0.25) is 0 Å². The Morgan fingerprint density at radius 3 is 2.83 bits per heavy atom. The van der Waals surface area contributed by atoms with E-state index in [0.717, 1.165) is 6.20 Å². The van der Waals surface area contributed by atoms with Crippen LogP contribution in [0.25, 0.3) is 10.9 Å². The summed E-state index contributed by atoms with van der Waals surface area (Å²) in [5, 5.41) is 0.630. The number of H-pyrrole nitrogens is 1. The average Bonchev–Trinajstić information content (AvgIpc) is 2.35. The van der Waals surface area contributed by atoms with Crippen LogP contribution < -0.4 is 5.73 Å². The summed E-state index contributed by atoms with van der Waals surface area (Å²) in [6.45, 7) is 0. The number of anilines is 1. The summed E-state index contributed by atoms with van der Waals surface area (Å²) < 4.78 is 12.9. The molecule has 0 atom stereocenters. The third kappa shape index (κ3) is 1.10. The van der Waals surface area contributed by atoms with Gasteiger partial charge in [0.05, 0.1) is 17.4 Å². The smallest absolute Gasteiger partial charge is 0.165 e. The highest BCUT2D eigenvalue weighted by Gasteiger charge is 2.03. The Balaban J connectivity index is 0.000000720. The molecule has 0 aliphatic heterocycles. The number of hydrogen-bond acceptors (Lipinski definition) is 2. The van der Waals surface area contributed by atoms with Crippen molar-refractivity contribution < 1.29 is 4.39 Å². The van der Waals surface area contributed by atoms with E-state index in [1.807, 2.05) is 0 Å². The van der Waals surface area contributed by atoms with Gasteiger partial charge in [0, 0.05) is 17.8 Å². The quantitative estimate of drug-likeness (QED) is 0.660. The van der Waals surface area contributed by atoms with Crippen molar-refractivity contribution in [3.63, 3.8) is 0 Å². The summed E-state index contributed by atoms with van der Waals surface area (Å²) in [6.07, 6.45) is 4.23. The molecule has 2 aromatic heterocycles. The Morgan fingerprint density at radius 2 is 2.17 bits per heavy atom. The van der Waals surface area contributed by atoms with E-state index in [2.05, 4.69) is 9.97 Å².